The molecule has 0 amide bonds. The Labute approximate surface area is 100 Å². The Kier molecular flexibility index (Phi) is 3.45. The van der Waals surface area contributed by atoms with Gasteiger partial charge in [0.25, 0.3) is 0 Å². The lowest BCUT2D eigenvalue weighted by atomic mass is 9.90. The van der Waals surface area contributed by atoms with Gasteiger partial charge in [-0.05, 0) is 37.1 Å². The van der Waals surface area contributed by atoms with E-state index in [0.29, 0.717) is 13.1 Å². The van der Waals surface area contributed by atoms with E-state index < -0.39 is 11.6 Å². The van der Waals surface area contributed by atoms with Gasteiger partial charge < -0.3 is 5.73 Å². The number of hydrogen-bond acceptors (Lipinski definition) is 2. The van der Waals surface area contributed by atoms with E-state index in [0.717, 1.165) is 19.5 Å². The van der Waals surface area contributed by atoms with Crippen molar-refractivity contribution in [3.05, 3.63) is 35.4 Å². The minimum absolute atomic E-state index is 0.0851. The fraction of sp³-hybridized carbons (Fsp3) is 0.538. The van der Waals surface area contributed by atoms with Crippen LogP contribution in [0.4, 0.5) is 8.78 Å². The second kappa shape index (κ2) is 4.70. The lowest BCUT2D eigenvalue weighted by Gasteiger charge is -2.22. The van der Waals surface area contributed by atoms with Gasteiger partial charge in [0.1, 0.15) is 11.6 Å². The van der Waals surface area contributed by atoms with Crippen LogP contribution < -0.4 is 5.73 Å². The van der Waals surface area contributed by atoms with Crippen LogP contribution >= 0.6 is 0 Å². The number of halogens is 2. The molecule has 0 bridgehead atoms. The topological polar surface area (TPSA) is 29.3 Å². The first-order valence-corrected chi connectivity index (χ1v) is 5.89. The van der Waals surface area contributed by atoms with Gasteiger partial charge in [-0.25, -0.2) is 8.78 Å². The lowest BCUT2D eigenvalue weighted by Crippen LogP contribution is -2.31. The third-order valence-corrected chi connectivity index (χ3v) is 3.57. The molecule has 1 aliphatic heterocycles. The van der Waals surface area contributed by atoms with E-state index in [-0.39, 0.29) is 11.0 Å². The summed E-state index contributed by atoms with van der Waals surface area (Å²) in [7, 11) is 0. The Bertz CT molecular complexity index is 388. The smallest absolute Gasteiger partial charge is 0.130 e. The number of benzene rings is 1. The van der Waals surface area contributed by atoms with Crippen molar-refractivity contribution in [1.82, 2.24) is 4.90 Å². The van der Waals surface area contributed by atoms with Crippen molar-refractivity contribution in [1.29, 1.82) is 0 Å². The fourth-order valence-electron chi connectivity index (χ4n) is 2.33. The van der Waals surface area contributed by atoms with Crippen molar-refractivity contribution in [2.75, 3.05) is 19.6 Å². The molecule has 1 aromatic rings. The predicted molar refractivity (Wildman–Crippen MR) is 63.4 cm³/mol. The van der Waals surface area contributed by atoms with E-state index in [1.807, 2.05) is 0 Å². The molecule has 4 heteroatoms. The van der Waals surface area contributed by atoms with Crippen molar-refractivity contribution >= 4 is 0 Å². The molecule has 1 fully saturated rings. The lowest BCUT2D eigenvalue weighted by molar-refractivity contribution is 0.268. The molecule has 1 unspecified atom stereocenters. The molecule has 1 heterocycles. The molecule has 0 spiro atoms. The van der Waals surface area contributed by atoms with E-state index in [4.69, 9.17) is 5.73 Å². The summed E-state index contributed by atoms with van der Waals surface area (Å²) in [5, 5.41) is 0. The SMILES string of the molecule is CC1(CN)CCN(Cc2c(F)cccc2F)C1. The number of rotatable bonds is 3. The number of hydrogen-bond donors (Lipinski definition) is 1. The zero-order valence-corrected chi connectivity index (χ0v) is 10.0. The molecule has 2 rings (SSSR count). The summed E-state index contributed by atoms with van der Waals surface area (Å²) in [4.78, 5) is 2.06. The Morgan fingerprint density at radius 2 is 2.00 bits per heavy atom. The molecule has 0 saturated carbocycles. The Morgan fingerprint density at radius 1 is 1.35 bits per heavy atom. The summed E-state index contributed by atoms with van der Waals surface area (Å²) < 4.78 is 27.0. The first kappa shape index (κ1) is 12.5. The zero-order valence-electron chi connectivity index (χ0n) is 10.0. The van der Waals surface area contributed by atoms with E-state index in [9.17, 15) is 8.78 Å². The first-order valence-electron chi connectivity index (χ1n) is 5.89. The van der Waals surface area contributed by atoms with Gasteiger partial charge in [0, 0.05) is 18.7 Å². The van der Waals surface area contributed by atoms with Crippen molar-refractivity contribution < 1.29 is 8.78 Å². The van der Waals surface area contributed by atoms with Crippen molar-refractivity contribution in [3.63, 3.8) is 0 Å². The maximum atomic E-state index is 13.5. The molecule has 2 nitrogen and oxygen atoms in total. The highest BCUT2D eigenvalue weighted by atomic mass is 19.1. The molecule has 2 N–H and O–H groups in total. The Hall–Kier alpha value is -1.00. The third-order valence-electron chi connectivity index (χ3n) is 3.57. The average Bonchev–Trinajstić information content (AvgIpc) is 2.67. The molecule has 1 aromatic carbocycles. The number of likely N-dealkylation sites (tertiary alicyclic amines) is 1. The summed E-state index contributed by atoms with van der Waals surface area (Å²) in [6, 6.07) is 4.00. The quantitative estimate of drug-likeness (QED) is 0.877. The van der Waals surface area contributed by atoms with Gasteiger partial charge in [-0.15, -0.1) is 0 Å². The van der Waals surface area contributed by atoms with Crippen LogP contribution in [0.5, 0.6) is 0 Å². The average molecular weight is 240 g/mol. The third kappa shape index (κ3) is 2.64. The van der Waals surface area contributed by atoms with Gasteiger partial charge in [0.05, 0.1) is 0 Å². The summed E-state index contributed by atoms with van der Waals surface area (Å²) in [5.74, 6) is -0.933. The highest BCUT2D eigenvalue weighted by Crippen LogP contribution is 2.30. The van der Waals surface area contributed by atoms with E-state index in [1.54, 1.807) is 0 Å². The monoisotopic (exact) mass is 240 g/mol. The minimum atomic E-state index is -0.466. The Morgan fingerprint density at radius 3 is 2.53 bits per heavy atom. The summed E-state index contributed by atoms with van der Waals surface area (Å²) in [5.41, 5.74) is 5.95. The number of nitrogens with zero attached hydrogens (tertiary/aromatic N) is 1. The van der Waals surface area contributed by atoms with E-state index in [2.05, 4.69) is 11.8 Å². The van der Waals surface area contributed by atoms with Crippen molar-refractivity contribution in [2.45, 2.75) is 19.9 Å². The van der Waals surface area contributed by atoms with Crippen LogP contribution in [0.15, 0.2) is 18.2 Å². The van der Waals surface area contributed by atoms with Gasteiger partial charge in [-0.2, -0.15) is 0 Å². The van der Waals surface area contributed by atoms with Gasteiger partial charge >= 0.3 is 0 Å². The molecule has 1 atom stereocenters. The van der Waals surface area contributed by atoms with Crippen LogP contribution in [0.2, 0.25) is 0 Å². The van der Waals surface area contributed by atoms with E-state index in [1.165, 1.54) is 18.2 Å². The second-order valence-corrected chi connectivity index (χ2v) is 5.18. The summed E-state index contributed by atoms with van der Waals surface area (Å²) in [6.07, 6.45) is 0.986. The highest BCUT2D eigenvalue weighted by molar-refractivity contribution is 5.19. The summed E-state index contributed by atoms with van der Waals surface area (Å²) >= 11 is 0. The van der Waals surface area contributed by atoms with E-state index >= 15 is 0 Å². The van der Waals surface area contributed by atoms with Gasteiger partial charge in [-0.1, -0.05) is 13.0 Å². The highest BCUT2D eigenvalue weighted by Gasteiger charge is 2.32. The second-order valence-electron chi connectivity index (χ2n) is 5.18. The van der Waals surface area contributed by atoms with Crippen LogP contribution in [0.25, 0.3) is 0 Å². The van der Waals surface area contributed by atoms with Crippen LogP contribution in [0.3, 0.4) is 0 Å². The summed E-state index contributed by atoms with van der Waals surface area (Å²) in [6.45, 7) is 4.71. The molecule has 17 heavy (non-hydrogen) atoms. The molecular formula is C13H18F2N2. The molecule has 1 saturated heterocycles. The van der Waals surface area contributed by atoms with Crippen molar-refractivity contribution in [3.8, 4) is 0 Å². The molecule has 0 aromatic heterocycles. The van der Waals surface area contributed by atoms with Crippen LogP contribution in [0, 0.1) is 17.0 Å². The molecular weight excluding hydrogens is 222 g/mol. The molecule has 94 valence electrons. The molecule has 0 radical (unpaired) electrons. The van der Waals surface area contributed by atoms with Crippen LogP contribution in [-0.4, -0.2) is 24.5 Å². The zero-order chi connectivity index (χ0) is 12.5. The van der Waals surface area contributed by atoms with Crippen LogP contribution in [0.1, 0.15) is 18.9 Å². The largest absolute Gasteiger partial charge is 0.330 e. The maximum absolute atomic E-state index is 13.5. The minimum Gasteiger partial charge on any atom is -0.330 e. The molecule has 1 aliphatic rings. The van der Waals surface area contributed by atoms with Crippen molar-refractivity contribution in [2.24, 2.45) is 11.1 Å². The fourth-order valence-corrected chi connectivity index (χ4v) is 2.33. The maximum Gasteiger partial charge on any atom is 0.130 e. The van der Waals surface area contributed by atoms with Crippen LogP contribution in [-0.2, 0) is 6.54 Å². The predicted octanol–water partition coefficient (Wildman–Crippen LogP) is 2.14. The first-order chi connectivity index (χ1) is 8.04. The Balaban J connectivity index is 2.08. The van der Waals surface area contributed by atoms with Gasteiger partial charge in [0.15, 0.2) is 0 Å². The van der Waals surface area contributed by atoms with Gasteiger partial charge in [-0.3, -0.25) is 4.90 Å². The molecule has 0 aliphatic carbocycles. The standard InChI is InChI=1S/C13H18F2N2/c1-13(8-16)5-6-17(9-13)7-10-11(14)3-2-4-12(10)15/h2-4H,5-9,16H2,1H3. The van der Waals surface area contributed by atoms with Gasteiger partial charge in [0.2, 0.25) is 0 Å². The number of nitrogens with two attached hydrogens (primary N) is 1. The normalized spacial score (nSPS) is 25.4.